The molecular weight excluding hydrogens is 368 g/mol. The van der Waals surface area contributed by atoms with Crippen LogP contribution in [0.3, 0.4) is 0 Å². The molecule has 0 aliphatic heterocycles. The van der Waals surface area contributed by atoms with Crippen molar-refractivity contribution in [1.29, 1.82) is 0 Å². The Morgan fingerprint density at radius 2 is 1.81 bits per heavy atom. The molecule has 0 bridgehead atoms. The number of aromatic nitrogens is 2. The van der Waals surface area contributed by atoms with Gasteiger partial charge in [0.1, 0.15) is 5.75 Å². The molecular formula is C20H17ClN2O4. The van der Waals surface area contributed by atoms with Crippen molar-refractivity contribution < 1.29 is 18.7 Å². The number of methoxy groups -OCH3 is 1. The predicted molar refractivity (Wildman–Crippen MR) is 101 cm³/mol. The highest BCUT2D eigenvalue weighted by Crippen LogP contribution is 2.24. The number of carbonyl (C=O) groups is 1. The second kappa shape index (κ2) is 8.51. The molecule has 138 valence electrons. The molecule has 0 unspecified atom stereocenters. The summed E-state index contributed by atoms with van der Waals surface area (Å²) in [6.07, 6.45) is 2.30. The van der Waals surface area contributed by atoms with Gasteiger partial charge in [-0.2, -0.15) is 0 Å². The van der Waals surface area contributed by atoms with Crippen molar-refractivity contribution in [2.24, 2.45) is 0 Å². The van der Waals surface area contributed by atoms with Gasteiger partial charge in [-0.25, -0.2) is 4.79 Å². The highest BCUT2D eigenvalue weighted by atomic mass is 35.5. The lowest BCUT2D eigenvalue weighted by Crippen LogP contribution is -2.06. The van der Waals surface area contributed by atoms with Gasteiger partial charge in [0.2, 0.25) is 5.89 Å². The number of esters is 1. The second-order valence-corrected chi connectivity index (χ2v) is 6.07. The lowest BCUT2D eigenvalue weighted by molar-refractivity contribution is -0.143. The van der Waals surface area contributed by atoms with Crippen molar-refractivity contribution in [1.82, 2.24) is 10.2 Å². The van der Waals surface area contributed by atoms with Crippen molar-refractivity contribution in [2.45, 2.75) is 13.0 Å². The Morgan fingerprint density at radius 3 is 2.48 bits per heavy atom. The van der Waals surface area contributed by atoms with Gasteiger partial charge in [-0.3, -0.25) is 0 Å². The number of hydrogen-bond acceptors (Lipinski definition) is 6. The van der Waals surface area contributed by atoms with Crippen LogP contribution in [0.2, 0.25) is 5.02 Å². The Bertz CT molecular complexity index is 933. The smallest absolute Gasteiger partial charge is 0.331 e. The van der Waals surface area contributed by atoms with Crippen LogP contribution in [-0.4, -0.2) is 23.3 Å². The first-order valence-electron chi connectivity index (χ1n) is 8.17. The van der Waals surface area contributed by atoms with Gasteiger partial charge in [-0.15, -0.1) is 10.2 Å². The molecule has 0 aliphatic carbocycles. The summed E-state index contributed by atoms with van der Waals surface area (Å²) in [4.78, 5) is 12.0. The molecule has 0 spiro atoms. The Morgan fingerprint density at radius 1 is 1.11 bits per heavy atom. The molecule has 2 aromatic carbocycles. The van der Waals surface area contributed by atoms with E-state index in [-0.39, 0.29) is 5.89 Å². The molecule has 27 heavy (non-hydrogen) atoms. The lowest BCUT2D eigenvalue weighted by atomic mass is 10.2. The molecule has 0 fully saturated rings. The normalized spacial score (nSPS) is 12.1. The summed E-state index contributed by atoms with van der Waals surface area (Å²) in [5.74, 6) is 0.774. The van der Waals surface area contributed by atoms with Gasteiger partial charge in [0.25, 0.3) is 5.89 Å². The fourth-order valence-corrected chi connectivity index (χ4v) is 2.38. The van der Waals surface area contributed by atoms with E-state index in [2.05, 4.69) is 10.2 Å². The van der Waals surface area contributed by atoms with E-state index in [9.17, 15) is 4.79 Å². The molecule has 0 aliphatic rings. The fraction of sp³-hybridized carbons (Fsp3) is 0.150. The van der Waals surface area contributed by atoms with Gasteiger partial charge in [0, 0.05) is 16.7 Å². The number of carbonyl (C=O) groups excluding carboxylic acids is 1. The zero-order valence-corrected chi connectivity index (χ0v) is 15.5. The van der Waals surface area contributed by atoms with E-state index in [1.807, 2.05) is 12.1 Å². The average Bonchev–Trinajstić information content (AvgIpc) is 3.18. The van der Waals surface area contributed by atoms with Crippen LogP contribution < -0.4 is 4.74 Å². The van der Waals surface area contributed by atoms with Crippen molar-refractivity contribution in [3.05, 3.63) is 71.1 Å². The second-order valence-electron chi connectivity index (χ2n) is 5.64. The maximum Gasteiger partial charge on any atom is 0.331 e. The Hall–Kier alpha value is -3.12. The largest absolute Gasteiger partial charge is 0.497 e. The fourth-order valence-electron chi connectivity index (χ4n) is 2.25. The molecule has 0 radical (unpaired) electrons. The van der Waals surface area contributed by atoms with Crippen LogP contribution in [0.15, 0.2) is 59.0 Å². The van der Waals surface area contributed by atoms with Gasteiger partial charge < -0.3 is 13.9 Å². The molecule has 3 rings (SSSR count). The van der Waals surface area contributed by atoms with Crippen molar-refractivity contribution in [3.63, 3.8) is 0 Å². The number of halogens is 1. The minimum absolute atomic E-state index is 0.217. The Labute approximate surface area is 161 Å². The van der Waals surface area contributed by atoms with Gasteiger partial charge in [-0.1, -0.05) is 23.7 Å². The minimum atomic E-state index is -0.674. The summed E-state index contributed by atoms with van der Waals surface area (Å²) < 4.78 is 16.0. The topological polar surface area (TPSA) is 74.5 Å². The van der Waals surface area contributed by atoms with Crippen LogP contribution in [-0.2, 0) is 9.53 Å². The van der Waals surface area contributed by atoms with E-state index in [0.717, 1.165) is 16.9 Å². The van der Waals surface area contributed by atoms with E-state index in [1.54, 1.807) is 56.5 Å². The van der Waals surface area contributed by atoms with Gasteiger partial charge in [-0.05, 0) is 55.0 Å². The summed E-state index contributed by atoms with van der Waals surface area (Å²) in [6.45, 7) is 1.67. The lowest BCUT2D eigenvalue weighted by Gasteiger charge is -2.06. The highest BCUT2D eigenvalue weighted by Gasteiger charge is 2.18. The molecule has 0 amide bonds. The number of nitrogens with zero attached hydrogens (tertiary/aromatic N) is 2. The number of benzene rings is 2. The molecule has 3 aromatic rings. The summed E-state index contributed by atoms with van der Waals surface area (Å²) in [7, 11) is 1.59. The van der Waals surface area contributed by atoms with E-state index in [0.29, 0.717) is 10.9 Å². The molecule has 0 saturated carbocycles. The monoisotopic (exact) mass is 384 g/mol. The first-order chi connectivity index (χ1) is 13.0. The van der Waals surface area contributed by atoms with Crippen LogP contribution in [0.4, 0.5) is 0 Å². The summed E-state index contributed by atoms with van der Waals surface area (Å²) in [5.41, 5.74) is 1.58. The number of hydrogen-bond donors (Lipinski definition) is 0. The Kier molecular flexibility index (Phi) is 5.88. The summed E-state index contributed by atoms with van der Waals surface area (Å²) >= 11 is 5.83. The highest BCUT2D eigenvalue weighted by molar-refractivity contribution is 6.30. The van der Waals surface area contributed by atoms with Crippen LogP contribution >= 0.6 is 11.6 Å². The van der Waals surface area contributed by atoms with Crippen molar-refractivity contribution >= 4 is 23.6 Å². The summed E-state index contributed by atoms with van der Waals surface area (Å²) in [6, 6.07) is 14.3. The molecule has 6 nitrogen and oxygen atoms in total. The van der Waals surface area contributed by atoms with Gasteiger partial charge >= 0.3 is 5.97 Å². The van der Waals surface area contributed by atoms with Gasteiger partial charge in [0.15, 0.2) is 6.10 Å². The maximum atomic E-state index is 12.0. The maximum absolute atomic E-state index is 12.0. The first kappa shape index (κ1) is 18.7. The number of rotatable bonds is 6. The zero-order chi connectivity index (χ0) is 19.2. The predicted octanol–water partition coefficient (Wildman–Crippen LogP) is 4.72. The van der Waals surface area contributed by atoms with E-state index < -0.39 is 12.1 Å². The third-order valence-corrected chi connectivity index (χ3v) is 3.95. The minimum Gasteiger partial charge on any atom is -0.497 e. The van der Waals surface area contributed by atoms with Crippen LogP contribution in [0.5, 0.6) is 5.75 Å². The zero-order valence-electron chi connectivity index (χ0n) is 14.8. The van der Waals surface area contributed by atoms with Gasteiger partial charge in [0.05, 0.1) is 7.11 Å². The molecule has 7 heteroatoms. The van der Waals surface area contributed by atoms with Crippen LogP contribution in [0.25, 0.3) is 17.5 Å². The van der Waals surface area contributed by atoms with Crippen LogP contribution in [0, 0.1) is 0 Å². The molecule has 0 N–H and O–H groups in total. The van der Waals surface area contributed by atoms with E-state index >= 15 is 0 Å². The summed E-state index contributed by atoms with van der Waals surface area (Å²) in [5, 5.41) is 8.58. The SMILES string of the molecule is COc1ccc(-c2nnc([C@@H](C)OC(=O)/C=C/c3ccc(Cl)cc3)o2)cc1. The van der Waals surface area contributed by atoms with Crippen LogP contribution in [0.1, 0.15) is 24.5 Å². The van der Waals surface area contributed by atoms with E-state index in [1.165, 1.54) is 6.08 Å². The molecule has 0 saturated heterocycles. The third-order valence-electron chi connectivity index (χ3n) is 3.70. The van der Waals surface area contributed by atoms with Crippen molar-refractivity contribution in [3.8, 4) is 17.2 Å². The first-order valence-corrected chi connectivity index (χ1v) is 8.55. The quantitative estimate of drug-likeness (QED) is 0.452. The van der Waals surface area contributed by atoms with Crippen molar-refractivity contribution in [2.75, 3.05) is 7.11 Å². The molecule has 1 atom stereocenters. The molecule has 1 heterocycles. The average molecular weight is 385 g/mol. The third kappa shape index (κ3) is 4.95. The molecule has 1 aromatic heterocycles. The number of ether oxygens (including phenoxy) is 2. The Balaban J connectivity index is 1.62. The van der Waals surface area contributed by atoms with E-state index in [4.69, 9.17) is 25.5 Å². The standard InChI is InChI=1S/C20H17ClN2O4/c1-13(26-18(24)12-5-14-3-8-16(21)9-4-14)19-22-23-20(27-19)15-6-10-17(25-2)11-7-15/h3-13H,1-2H3/b12-5+/t13-/m1/s1.